The molecule has 0 aromatic carbocycles. The Bertz CT molecular complexity index is 428. The summed E-state index contributed by atoms with van der Waals surface area (Å²) < 4.78 is 0. The molecule has 4 heteroatoms. The second-order valence-electron chi connectivity index (χ2n) is 6.10. The predicted molar refractivity (Wildman–Crippen MR) is 81.7 cm³/mol. The normalized spacial score (nSPS) is 23.6. The Morgan fingerprint density at radius 3 is 2.85 bits per heavy atom. The minimum Gasteiger partial charge on any atom is -0.352 e. The second-order valence-corrected chi connectivity index (χ2v) is 6.10. The third kappa shape index (κ3) is 2.95. The molecule has 0 spiro atoms. The first kappa shape index (κ1) is 13.8. The molecule has 110 valence electrons. The molecule has 1 saturated heterocycles. The van der Waals surface area contributed by atoms with Gasteiger partial charge in [0.05, 0.1) is 11.9 Å². The number of aromatic nitrogens is 2. The van der Waals surface area contributed by atoms with Crippen LogP contribution in [0.15, 0.2) is 12.4 Å². The fourth-order valence-electron chi connectivity index (χ4n) is 3.78. The molecule has 20 heavy (non-hydrogen) atoms. The van der Waals surface area contributed by atoms with Gasteiger partial charge in [0, 0.05) is 25.3 Å². The van der Waals surface area contributed by atoms with E-state index in [2.05, 4.69) is 22.1 Å². The van der Waals surface area contributed by atoms with E-state index < -0.39 is 0 Å². The Labute approximate surface area is 122 Å². The molecule has 4 nitrogen and oxygen atoms in total. The summed E-state index contributed by atoms with van der Waals surface area (Å²) in [7, 11) is 0. The number of hydrogen-bond donors (Lipinski definition) is 1. The van der Waals surface area contributed by atoms with Crippen LogP contribution in [0.3, 0.4) is 0 Å². The van der Waals surface area contributed by atoms with Crippen molar-refractivity contribution < 1.29 is 0 Å². The molecule has 0 amide bonds. The van der Waals surface area contributed by atoms with Crippen LogP contribution >= 0.6 is 0 Å². The number of nitrogens with one attached hydrogen (secondary N) is 1. The minimum absolute atomic E-state index is 0.709. The first-order valence-corrected chi connectivity index (χ1v) is 8.16. The van der Waals surface area contributed by atoms with E-state index in [1.807, 2.05) is 12.4 Å². The van der Waals surface area contributed by atoms with Gasteiger partial charge in [0.2, 0.25) is 0 Å². The third-order valence-electron chi connectivity index (χ3n) is 4.77. The smallest absolute Gasteiger partial charge is 0.147 e. The zero-order valence-corrected chi connectivity index (χ0v) is 12.5. The van der Waals surface area contributed by atoms with E-state index >= 15 is 0 Å². The van der Waals surface area contributed by atoms with Crippen LogP contribution in [0.2, 0.25) is 0 Å². The average Bonchev–Trinajstić information content (AvgIpc) is 3.15. The number of anilines is 1. The fraction of sp³-hybridized carbons (Fsp3) is 0.750. The Morgan fingerprint density at radius 2 is 2.05 bits per heavy atom. The molecule has 1 aliphatic heterocycles. The topological polar surface area (TPSA) is 41.1 Å². The van der Waals surface area contributed by atoms with Crippen molar-refractivity contribution in [3.05, 3.63) is 18.1 Å². The summed E-state index contributed by atoms with van der Waals surface area (Å²) in [4.78, 5) is 11.7. The summed E-state index contributed by atoms with van der Waals surface area (Å²) in [5, 5.41) is 3.33. The molecule has 1 saturated carbocycles. The van der Waals surface area contributed by atoms with Crippen LogP contribution in [0.25, 0.3) is 0 Å². The molecule has 3 rings (SSSR count). The summed E-state index contributed by atoms with van der Waals surface area (Å²) in [5.74, 6) is 1.98. The maximum absolute atomic E-state index is 4.81. The maximum Gasteiger partial charge on any atom is 0.147 e. The van der Waals surface area contributed by atoms with Crippen LogP contribution in [0.1, 0.15) is 51.1 Å². The molecule has 1 N–H and O–H groups in total. The van der Waals surface area contributed by atoms with Gasteiger partial charge in [-0.25, -0.2) is 4.98 Å². The van der Waals surface area contributed by atoms with Crippen molar-refractivity contribution in [1.29, 1.82) is 0 Å². The molecule has 2 fully saturated rings. The van der Waals surface area contributed by atoms with Gasteiger partial charge < -0.3 is 10.2 Å². The molecule has 1 atom stereocenters. The van der Waals surface area contributed by atoms with E-state index in [0.29, 0.717) is 6.04 Å². The fourth-order valence-corrected chi connectivity index (χ4v) is 3.78. The SMILES string of the molecule is CCNCc1cncc(N2CCCC2C2CCCC2)n1. The maximum atomic E-state index is 4.81. The van der Waals surface area contributed by atoms with E-state index in [1.165, 1.54) is 38.5 Å². The van der Waals surface area contributed by atoms with Gasteiger partial charge in [0.1, 0.15) is 5.82 Å². The molecule has 1 aliphatic carbocycles. The zero-order chi connectivity index (χ0) is 13.8. The summed E-state index contributed by atoms with van der Waals surface area (Å²) in [6, 6.07) is 0.709. The van der Waals surface area contributed by atoms with Crippen LogP contribution < -0.4 is 10.2 Å². The average molecular weight is 274 g/mol. The highest BCUT2D eigenvalue weighted by molar-refractivity contribution is 5.39. The lowest BCUT2D eigenvalue weighted by Crippen LogP contribution is -2.35. The molecule has 2 heterocycles. The van der Waals surface area contributed by atoms with Crippen LogP contribution in [0.5, 0.6) is 0 Å². The lowest BCUT2D eigenvalue weighted by Gasteiger charge is -2.30. The summed E-state index contributed by atoms with van der Waals surface area (Å²) in [6.45, 7) is 5.06. The quantitative estimate of drug-likeness (QED) is 0.896. The zero-order valence-electron chi connectivity index (χ0n) is 12.5. The molecule has 1 unspecified atom stereocenters. The van der Waals surface area contributed by atoms with Crippen molar-refractivity contribution in [2.24, 2.45) is 5.92 Å². The Hall–Kier alpha value is -1.16. The highest BCUT2D eigenvalue weighted by Crippen LogP contribution is 2.36. The van der Waals surface area contributed by atoms with Gasteiger partial charge in [-0.1, -0.05) is 19.8 Å². The summed E-state index contributed by atoms with van der Waals surface area (Å²) in [6.07, 6.45) is 12.1. The molecule has 0 bridgehead atoms. The van der Waals surface area contributed by atoms with Gasteiger partial charge >= 0.3 is 0 Å². The van der Waals surface area contributed by atoms with Crippen LogP contribution in [-0.4, -0.2) is 29.1 Å². The van der Waals surface area contributed by atoms with Gasteiger partial charge in [0.25, 0.3) is 0 Å². The largest absolute Gasteiger partial charge is 0.352 e. The summed E-state index contributed by atoms with van der Waals surface area (Å²) >= 11 is 0. The number of nitrogens with zero attached hydrogens (tertiary/aromatic N) is 3. The third-order valence-corrected chi connectivity index (χ3v) is 4.77. The lowest BCUT2D eigenvalue weighted by atomic mass is 9.96. The van der Waals surface area contributed by atoms with Crippen molar-refractivity contribution >= 4 is 5.82 Å². The minimum atomic E-state index is 0.709. The first-order valence-electron chi connectivity index (χ1n) is 8.16. The van der Waals surface area contributed by atoms with E-state index in [9.17, 15) is 0 Å². The molecular formula is C16H26N4. The second kappa shape index (κ2) is 6.53. The van der Waals surface area contributed by atoms with E-state index in [0.717, 1.165) is 37.1 Å². The van der Waals surface area contributed by atoms with Gasteiger partial charge in [0.15, 0.2) is 0 Å². The van der Waals surface area contributed by atoms with Crippen molar-refractivity contribution in [2.75, 3.05) is 18.0 Å². The highest BCUT2D eigenvalue weighted by Gasteiger charge is 2.34. The standard InChI is InChI=1S/C16H26N4/c1-2-17-10-14-11-18-12-16(19-14)20-9-5-8-15(20)13-6-3-4-7-13/h11-13,15,17H,2-10H2,1H3. The van der Waals surface area contributed by atoms with Crippen LogP contribution in [-0.2, 0) is 6.54 Å². The van der Waals surface area contributed by atoms with Gasteiger partial charge in [-0.15, -0.1) is 0 Å². The Morgan fingerprint density at radius 1 is 1.20 bits per heavy atom. The van der Waals surface area contributed by atoms with Gasteiger partial charge in [-0.3, -0.25) is 4.98 Å². The highest BCUT2D eigenvalue weighted by atomic mass is 15.2. The molecule has 1 aromatic heterocycles. The number of hydrogen-bond acceptors (Lipinski definition) is 4. The van der Waals surface area contributed by atoms with Gasteiger partial charge in [-0.05, 0) is 38.1 Å². The molecule has 2 aliphatic rings. The number of rotatable bonds is 5. The molecular weight excluding hydrogens is 248 g/mol. The monoisotopic (exact) mass is 274 g/mol. The molecule has 0 radical (unpaired) electrons. The van der Waals surface area contributed by atoms with E-state index in [-0.39, 0.29) is 0 Å². The van der Waals surface area contributed by atoms with Crippen LogP contribution in [0.4, 0.5) is 5.82 Å². The van der Waals surface area contributed by atoms with Crippen molar-refractivity contribution in [3.8, 4) is 0 Å². The van der Waals surface area contributed by atoms with Crippen molar-refractivity contribution in [1.82, 2.24) is 15.3 Å². The Kier molecular flexibility index (Phi) is 4.51. The van der Waals surface area contributed by atoms with Crippen LogP contribution in [0, 0.1) is 5.92 Å². The molecule has 1 aromatic rings. The van der Waals surface area contributed by atoms with Crippen molar-refractivity contribution in [3.63, 3.8) is 0 Å². The lowest BCUT2D eigenvalue weighted by molar-refractivity contribution is 0.429. The van der Waals surface area contributed by atoms with E-state index in [4.69, 9.17) is 4.98 Å². The van der Waals surface area contributed by atoms with Gasteiger partial charge in [-0.2, -0.15) is 0 Å². The predicted octanol–water partition coefficient (Wildman–Crippen LogP) is 2.75. The summed E-state index contributed by atoms with van der Waals surface area (Å²) in [5.41, 5.74) is 1.06. The Balaban J connectivity index is 1.73. The first-order chi connectivity index (χ1) is 9.88. The van der Waals surface area contributed by atoms with E-state index in [1.54, 1.807) is 0 Å². The van der Waals surface area contributed by atoms with Crippen molar-refractivity contribution in [2.45, 2.75) is 58.0 Å².